The summed E-state index contributed by atoms with van der Waals surface area (Å²) in [5.41, 5.74) is 1.89. The topological polar surface area (TPSA) is 64.6 Å². The fourth-order valence-corrected chi connectivity index (χ4v) is 2.72. The highest BCUT2D eigenvalue weighted by molar-refractivity contribution is 6.37. The summed E-state index contributed by atoms with van der Waals surface area (Å²) in [5.74, 6) is -0.591. The molecule has 2 rings (SSSR count). The number of ether oxygens (including phenoxy) is 2. The molecule has 0 aliphatic carbocycles. The Kier molecular flexibility index (Phi) is 5.70. The molecule has 5 nitrogen and oxygen atoms in total. The number of halogens is 2. The average Bonchev–Trinajstić information content (AvgIpc) is 2.55. The quantitative estimate of drug-likeness (QED) is 0.815. The molecular weight excluding hydrogens is 353 g/mol. The van der Waals surface area contributed by atoms with Crippen LogP contribution in [-0.2, 0) is 4.74 Å². The molecule has 0 saturated carbocycles. The van der Waals surface area contributed by atoms with Gasteiger partial charge in [0.2, 0.25) is 0 Å². The minimum atomic E-state index is -0.485. The maximum Gasteiger partial charge on any atom is 0.337 e. The summed E-state index contributed by atoms with van der Waals surface area (Å²) in [4.78, 5) is 24.0. The summed E-state index contributed by atoms with van der Waals surface area (Å²) >= 11 is 12.1. The molecule has 1 N–H and O–H groups in total. The van der Waals surface area contributed by atoms with Crippen molar-refractivity contribution in [3.63, 3.8) is 0 Å². The van der Waals surface area contributed by atoms with Gasteiger partial charge >= 0.3 is 5.97 Å². The third-order valence-corrected chi connectivity index (χ3v) is 3.93. The van der Waals surface area contributed by atoms with E-state index < -0.39 is 11.9 Å². The largest absolute Gasteiger partial charge is 0.494 e. The molecule has 0 saturated heterocycles. The van der Waals surface area contributed by atoms with Crippen molar-refractivity contribution in [1.29, 1.82) is 0 Å². The Morgan fingerprint density at radius 3 is 2.17 bits per heavy atom. The first kappa shape index (κ1) is 18.1. The number of hydrogen-bond acceptors (Lipinski definition) is 4. The Morgan fingerprint density at radius 1 is 1.00 bits per heavy atom. The number of amides is 1. The molecule has 0 unspecified atom stereocenters. The van der Waals surface area contributed by atoms with E-state index in [0.29, 0.717) is 17.0 Å². The van der Waals surface area contributed by atoms with Crippen molar-refractivity contribution in [2.75, 3.05) is 19.5 Å². The van der Waals surface area contributed by atoms with Crippen molar-refractivity contribution in [3.05, 3.63) is 57.1 Å². The molecule has 0 atom stereocenters. The van der Waals surface area contributed by atoms with Crippen LogP contribution in [0.1, 0.15) is 26.3 Å². The lowest BCUT2D eigenvalue weighted by atomic mass is 10.1. The lowest BCUT2D eigenvalue weighted by Crippen LogP contribution is -2.14. The van der Waals surface area contributed by atoms with Crippen LogP contribution in [0.25, 0.3) is 0 Å². The molecule has 0 radical (unpaired) electrons. The van der Waals surface area contributed by atoms with Gasteiger partial charge in [-0.2, -0.15) is 0 Å². The summed E-state index contributed by atoms with van der Waals surface area (Å²) < 4.78 is 9.73. The number of anilines is 1. The van der Waals surface area contributed by atoms with Gasteiger partial charge in [0.1, 0.15) is 0 Å². The van der Waals surface area contributed by atoms with Crippen molar-refractivity contribution in [3.8, 4) is 5.75 Å². The molecule has 0 aliphatic heterocycles. The van der Waals surface area contributed by atoms with Crippen LogP contribution in [0, 0.1) is 6.92 Å². The van der Waals surface area contributed by atoms with Gasteiger partial charge in [-0.25, -0.2) is 4.79 Å². The second-order valence-corrected chi connectivity index (χ2v) is 5.76. The molecule has 0 heterocycles. The lowest BCUT2D eigenvalue weighted by molar-refractivity contribution is 0.0600. The Morgan fingerprint density at radius 2 is 1.62 bits per heavy atom. The van der Waals surface area contributed by atoms with Gasteiger partial charge in [-0.05, 0) is 36.8 Å². The van der Waals surface area contributed by atoms with E-state index in [9.17, 15) is 9.59 Å². The summed E-state index contributed by atoms with van der Waals surface area (Å²) in [6.45, 7) is 1.81. The zero-order chi connectivity index (χ0) is 17.9. The van der Waals surface area contributed by atoms with Crippen LogP contribution in [-0.4, -0.2) is 26.1 Å². The number of hydrogen-bond donors (Lipinski definition) is 1. The third-order valence-electron chi connectivity index (χ3n) is 3.37. The number of aryl methyl sites for hydroxylation is 1. The number of nitrogens with one attached hydrogen (secondary N) is 1. The highest BCUT2D eigenvalue weighted by atomic mass is 35.5. The molecule has 2 aromatic carbocycles. The van der Waals surface area contributed by atoms with Crippen molar-refractivity contribution in [2.45, 2.75) is 6.92 Å². The van der Waals surface area contributed by atoms with E-state index >= 15 is 0 Å². The van der Waals surface area contributed by atoms with E-state index in [2.05, 4.69) is 10.1 Å². The number of benzene rings is 2. The average molecular weight is 368 g/mol. The lowest BCUT2D eigenvalue weighted by Gasteiger charge is -2.12. The Hall–Kier alpha value is -2.24. The van der Waals surface area contributed by atoms with Gasteiger partial charge in [0.25, 0.3) is 5.91 Å². The van der Waals surface area contributed by atoms with E-state index in [1.54, 1.807) is 18.2 Å². The highest BCUT2D eigenvalue weighted by Gasteiger charge is 2.15. The Balaban J connectivity index is 2.31. The zero-order valence-electron chi connectivity index (χ0n) is 13.3. The summed E-state index contributed by atoms with van der Waals surface area (Å²) in [7, 11) is 2.73. The van der Waals surface area contributed by atoms with E-state index in [0.717, 1.165) is 5.56 Å². The number of methoxy groups -OCH3 is 2. The minimum Gasteiger partial charge on any atom is -0.494 e. The van der Waals surface area contributed by atoms with Crippen LogP contribution in [0.3, 0.4) is 0 Å². The summed E-state index contributed by atoms with van der Waals surface area (Å²) in [5, 5.41) is 3.20. The first-order valence-corrected chi connectivity index (χ1v) is 7.66. The van der Waals surface area contributed by atoms with Crippen molar-refractivity contribution in [1.82, 2.24) is 0 Å². The molecule has 1 amide bonds. The van der Waals surface area contributed by atoms with Gasteiger partial charge in [-0.1, -0.05) is 29.3 Å². The first-order valence-electron chi connectivity index (χ1n) is 6.90. The fraction of sp³-hybridized carbons (Fsp3) is 0.176. The molecule has 0 aliphatic rings. The smallest absolute Gasteiger partial charge is 0.337 e. The summed E-state index contributed by atoms with van der Waals surface area (Å²) in [6.07, 6.45) is 0. The maximum atomic E-state index is 12.4. The van der Waals surface area contributed by atoms with Crippen molar-refractivity contribution in [2.24, 2.45) is 0 Å². The molecule has 126 valence electrons. The van der Waals surface area contributed by atoms with E-state index in [-0.39, 0.29) is 15.6 Å². The van der Waals surface area contributed by atoms with Crippen LogP contribution >= 0.6 is 23.2 Å². The molecule has 7 heteroatoms. The van der Waals surface area contributed by atoms with E-state index in [1.165, 1.54) is 26.4 Å². The molecule has 24 heavy (non-hydrogen) atoms. The van der Waals surface area contributed by atoms with Crippen molar-refractivity contribution >= 4 is 40.8 Å². The van der Waals surface area contributed by atoms with Crippen molar-refractivity contribution < 1.29 is 19.1 Å². The van der Waals surface area contributed by atoms with Crippen LogP contribution in [0.2, 0.25) is 10.0 Å². The van der Waals surface area contributed by atoms with Crippen LogP contribution in [0.5, 0.6) is 5.75 Å². The highest BCUT2D eigenvalue weighted by Crippen LogP contribution is 2.34. The third kappa shape index (κ3) is 3.80. The number of carbonyl (C=O) groups is 2. The molecule has 0 spiro atoms. The van der Waals surface area contributed by atoms with E-state index in [4.69, 9.17) is 27.9 Å². The maximum absolute atomic E-state index is 12.4. The van der Waals surface area contributed by atoms with Crippen LogP contribution in [0.15, 0.2) is 30.3 Å². The predicted octanol–water partition coefficient (Wildman–Crippen LogP) is 4.35. The van der Waals surface area contributed by atoms with Gasteiger partial charge in [0.15, 0.2) is 5.75 Å². The molecule has 0 bridgehead atoms. The normalized spacial score (nSPS) is 10.2. The number of carbonyl (C=O) groups excluding carboxylic acids is 2. The van der Waals surface area contributed by atoms with Crippen LogP contribution < -0.4 is 10.1 Å². The minimum absolute atomic E-state index is 0.232. The van der Waals surface area contributed by atoms with Gasteiger partial charge < -0.3 is 14.8 Å². The Bertz CT molecular complexity index is 782. The van der Waals surface area contributed by atoms with E-state index in [1.807, 2.05) is 6.92 Å². The van der Waals surface area contributed by atoms with Gasteiger partial charge in [-0.3, -0.25) is 4.79 Å². The molecule has 0 fully saturated rings. The first-order chi connectivity index (χ1) is 11.4. The second-order valence-electron chi connectivity index (χ2n) is 4.95. The monoisotopic (exact) mass is 367 g/mol. The molecular formula is C17H15Cl2NO4. The Labute approximate surface area is 149 Å². The van der Waals surface area contributed by atoms with Crippen LogP contribution in [0.4, 0.5) is 5.69 Å². The van der Waals surface area contributed by atoms with Gasteiger partial charge in [-0.15, -0.1) is 0 Å². The number of rotatable bonds is 4. The SMILES string of the molecule is COC(=O)c1ccc(C)c(NC(=O)c2cc(Cl)c(OC)c(Cl)c2)c1. The zero-order valence-corrected chi connectivity index (χ0v) is 14.8. The van der Waals surface area contributed by atoms with Gasteiger partial charge in [0.05, 0.1) is 29.8 Å². The van der Waals surface area contributed by atoms with Gasteiger partial charge in [0, 0.05) is 11.3 Å². The number of esters is 1. The second kappa shape index (κ2) is 7.55. The standard InChI is InChI=1S/C17H15Cl2NO4/c1-9-4-5-10(17(22)24-3)8-14(9)20-16(21)11-6-12(18)15(23-2)13(19)7-11/h4-8H,1-3H3,(H,20,21). The molecule has 0 aromatic heterocycles. The summed E-state index contributed by atoms with van der Waals surface area (Å²) in [6, 6.07) is 7.81. The molecule has 2 aromatic rings. The predicted molar refractivity (Wildman–Crippen MR) is 93.5 cm³/mol. The fourth-order valence-electron chi connectivity index (χ4n) is 2.08.